The van der Waals surface area contributed by atoms with Crippen LogP contribution < -0.4 is 5.32 Å². The van der Waals surface area contributed by atoms with E-state index < -0.39 is 0 Å². The van der Waals surface area contributed by atoms with Gasteiger partial charge in [-0.05, 0) is 50.3 Å². The van der Waals surface area contributed by atoms with Crippen molar-refractivity contribution in [1.82, 2.24) is 5.32 Å². The minimum absolute atomic E-state index is 0.537. The fourth-order valence-electron chi connectivity index (χ4n) is 2.36. The molecule has 1 saturated heterocycles. The molecule has 1 heterocycles. The third-order valence-corrected chi connectivity index (χ3v) is 3.48. The Morgan fingerprint density at radius 2 is 2.24 bits per heavy atom. The Labute approximate surface area is 104 Å². The molecule has 1 aromatic carbocycles. The van der Waals surface area contributed by atoms with E-state index in [-0.39, 0.29) is 0 Å². The second-order valence-electron chi connectivity index (χ2n) is 4.88. The van der Waals surface area contributed by atoms with E-state index in [0.29, 0.717) is 6.10 Å². The van der Waals surface area contributed by atoms with Gasteiger partial charge < -0.3 is 10.1 Å². The maximum absolute atomic E-state index is 5.61. The van der Waals surface area contributed by atoms with E-state index in [1.54, 1.807) is 0 Å². The van der Waals surface area contributed by atoms with Crippen molar-refractivity contribution in [2.75, 3.05) is 13.2 Å². The monoisotopic (exact) mass is 233 g/mol. The van der Waals surface area contributed by atoms with Crippen LogP contribution in [0.25, 0.3) is 0 Å². The van der Waals surface area contributed by atoms with Crippen molar-refractivity contribution >= 4 is 0 Å². The van der Waals surface area contributed by atoms with Crippen LogP contribution in [0.3, 0.4) is 0 Å². The number of rotatable bonds is 6. The maximum atomic E-state index is 5.61. The van der Waals surface area contributed by atoms with E-state index in [9.17, 15) is 0 Å². The van der Waals surface area contributed by atoms with Crippen LogP contribution in [0, 0.1) is 6.92 Å². The molecule has 1 aliphatic rings. The van der Waals surface area contributed by atoms with Crippen molar-refractivity contribution in [2.45, 2.75) is 45.3 Å². The number of nitrogens with one attached hydrogen (secondary N) is 1. The number of aryl methyl sites for hydroxylation is 1. The molecule has 1 N–H and O–H groups in total. The number of hydrogen-bond acceptors (Lipinski definition) is 2. The summed E-state index contributed by atoms with van der Waals surface area (Å²) in [6.07, 6.45) is 5.48. The van der Waals surface area contributed by atoms with E-state index in [0.717, 1.165) is 19.7 Å². The van der Waals surface area contributed by atoms with Crippen molar-refractivity contribution in [3.05, 3.63) is 35.4 Å². The molecule has 1 aliphatic heterocycles. The van der Waals surface area contributed by atoms with Gasteiger partial charge in [-0.15, -0.1) is 0 Å². The van der Waals surface area contributed by atoms with Crippen LogP contribution in [0.4, 0.5) is 0 Å². The largest absolute Gasteiger partial charge is 0.378 e. The fraction of sp³-hybridized carbons (Fsp3) is 0.600. The standard InChI is InChI=1S/C15H23NO/c1-13-6-2-3-7-14(13)12-16-10-4-8-15-9-5-11-17-15/h2-3,6-7,15-16H,4-5,8-12H2,1H3. The Balaban J connectivity index is 1.58. The van der Waals surface area contributed by atoms with Crippen molar-refractivity contribution in [2.24, 2.45) is 0 Å². The first-order valence-corrected chi connectivity index (χ1v) is 6.73. The molecule has 1 aromatic rings. The van der Waals surface area contributed by atoms with Crippen molar-refractivity contribution in [3.8, 4) is 0 Å². The van der Waals surface area contributed by atoms with E-state index >= 15 is 0 Å². The first-order chi connectivity index (χ1) is 8.36. The first kappa shape index (κ1) is 12.6. The molecule has 2 heteroatoms. The van der Waals surface area contributed by atoms with Gasteiger partial charge in [0, 0.05) is 13.2 Å². The Hall–Kier alpha value is -0.860. The highest BCUT2D eigenvalue weighted by molar-refractivity contribution is 5.25. The van der Waals surface area contributed by atoms with Crippen LogP contribution in [0.1, 0.15) is 36.8 Å². The zero-order chi connectivity index (χ0) is 11.9. The first-order valence-electron chi connectivity index (χ1n) is 6.73. The average Bonchev–Trinajstić information content (AvgIpc) is 2.84. The summed E-state index contributed by atoms with van der Waals surface area (Å²) in [7, 11) is 0. The van der Waals surface area contributed by atoms with Crippen molar-refractivity contribution in [3.63, 3.8) is 0 Å². The van der Waals surface area contributed by atoms with E-state index in [4.69, 9.17) is 4.74 Å². The second kappa shape index (κ2) is 6.77. The minimum atomic E-state index is 0.537. The van der Waals surface area contributed by atoms with Crippen LogP contribution >= 0.6 is 0 Å². The Morgan fingerprint density at radius 1 is 1.35 bits per heavy atom. The van der Waals surface area contributed by atoms with Gasteiger partial charge in [-0.3, -0.25) is 0 Å². The third-order valence-electron chi connectivity index (χ3n) is 3.48. The highest BCUT2D eigenvalue weighted by Gasteiger charge is 2.14. The predicted molar refractivity (Wildman–Crippen MR) is 71.1 cm³/mol. The lowest BCUT2D eigenvalue weighted by Gasteiger charge is -2.10. The number of benzene rings is 1. The summed E-state index contributed by atoms with van der Waals surface area (Å²) in [5, 5.41) is 3.51. The molecule has 1 fully saturated rings. The van der Waals surface area contributed by atoms with Gasteiger partial charge in [0.2, 0.25) is 0 Å². The summed E-state index contributed by atoms with van der Waals surface area (Å²) in [5.74, 6) is 0. The Morgan fingerprint density at radius 3 is 3.00 bits per heavy atom. The van der Waals surface area contributed by atoms with Gasteiger partial charge in [-0.25, -0.2) is 0 Å². The average molecular weight is 233 g/mol. The maximum Gasteiger partial charge on any atom is 0.0576 e. The summed E-state index contributed by atoms with van der Waals surface area (Å²) in [5.41, 5.74) is 2.78. The topological polar surface area (TPSA) is 21.3 Å². The molecule has 2 nitrogen and oxygen atoms in total. The lowest BCUT2D eigenvalue weighted by molar-refractivity contribution is 0.102. The van der Waals surface area contributed by atoms with E-state index in [2.05, 4.69) is 36.5 Å². The van der Waals surface area contributed by atoms with Gasteiger partial charge in [0.05, 0.1) is 6.10 Å². The molecule has 0 aliphatic carbocycles. The summed E-state index contributed by atoms with van der Waals surface area (Å²) in [6, 6.07) is 8.57. The van der Waals surface area contributed by atoms with Crippen molar-refractivity contribution < 1.29 is 4.74 Å². The van der Waals surface area contributed by atoms with E-state index in [1.165, 1.54) is 36.8 Å². The molecule has 94 valence electrons. The Kier molecular flexibility index (Phi) is 5.02. The molecule has 0 spiro atoms. The highest BCUT2D eigenvalue weighted by atomic mass is 16.5. The van der Waals surface area contributed by atoms with Crippen LogP contribution in [0.15, 0.2) is 24.3 Å². The smallest absolute Gasteiger partial charge is 0.0576 e. The molecule has 1 atom stereocenters. The lowest BCUT2D eigenvalue weighted by atomic mass is 10.1. The summed E-state index contributed by atoms with van der Waals surface area (Å²) in [6.45, 7) is 5.22. The molecule has 0 amide bonds. The molecule has 0 aromatic heterocycles. The van der Waals surface area contributed by atoms with E-state index in [1.807, 2.05) is 0 Å². The highest BCUT2D eigenvalue weighted by Crippen LogP contribution is 2.16. The minimum Gasteiger partial charge on any atom is -0.378 e. The van der Waals surface area contributed by atoms with Gasteiger partial charge in [0.25, 0.3) is 0 Å². The predicted octanol–water partition coefficient (Wildman–Crippen LogP) is 3.04. The van der Waals surface area contributed by atoms with Gasteiger partial charge >= 0.3 is 0 Å². The molecule has 0 radical (unpaired) electrons. The second-order valence-corrected chi connectivity index (χ2v) is 4.88. The van der Waals surface area contributed by atoms with Gasteiger partial charge in [-0.1, -0.05) is 24.3 Å². The normalized spacial score (nSPS) is 19.7. The zero-order valence-electron chi connectivity index (χ0n) is 10.7. The lowest BCUT2D eigenvalue weighted by Crippen LogP contribution is -2.17. The zero-order valence-corrected chi connectivity index (χ0v) is 10.7. The molecule has 2 rings (SSSR count). The number of ether oxygens (including phenoxy) is 1. The number of hydrogen-bond donors (Lipinski definition) is 1. The molecular weight excluding hydrogens is 210 g/mol. The van der Waals surface area contributed by atoms with Gasteiger partial charge in [-0.2, -0.15) is 0 Å². The van der Waals surface area contributed by atoms with Crippen LogP contribution in [0.5, 0.6) is 0 Å². The Bertz CT molecular complexity index is 331. The van der Waals surface area contributed by atoms with Gasteiger partial charge in [0.15, 0.2) is 0 Å². The summed E-state index contributed by atoms with van der Waals surface area (Å²) < 4.78 is 5.61. The molecule has 1 unspecified atom stereocenters. The van der Waals surface area contributed by atoms with Crippen molar-refractivity contribution in [1.29, 1.82) is 0 Å². The van der Waals surface area contributed by atoms with Crippen LogP contribution in [-0.4, -0.2) is 19.3 Å². The molecule has 0 bridgehead atoms. The molecule has 0 saturated carbocycles. The summed E-state index contributed by atoms with van der Waals surface area (Å²) >= 11 is 0. The molecular formula is C15H23NO. The van der Waals surface area contributed by atoms with Crippen LogP contribution in [-0.2, 0) is 11.3 Å². The summed E-state index contributed by atoms with van der Waals surface area (Å²) in [4.78, 5) is 0. The quantitative estimate of drug-likeness (QED) is 0.763. The SMILES string of the molecule is Cc1ccccc1CNCCCC1CCCO1. The van der Waals surface area contributed by atoms with Crippen LogP contribution in [0.2, 0.25) is 0 Å². The fourth-order valence-corrected chi connectivity index (χ4v) is 2.36. The molecule has 17 heavy (non-hydrogen) atoms. The third kappa shape index (κ3) is 4.14. The van der Waals surface area contributed by atoms with Gasteiger partial charge in [0.1, 0.15) is 0 Å².